The van der Waals surface area contributed by atoms with Crippen molar-refractivity contribution >= 4 is 11.7 Å². The van der Waals surface area contributed by atoms with Crippen LogP contribution in [0.15, 0.2) is 24.3 Å². The summed E-state index contributed by atoms with van der Waals surface area (Å²) in [7, 11) is 0. The fourth-order valence-corrected chi connectivity index (χ4v) is 2.21. The molecule has 0 radical (unpaired) electrons. The van der Waals surface area contributed by atoms with E-state index in [1.165, 1.54) is 25.9 Å². The lowest BCUT2D eigenvalue weighted by atomic mass is 10.2. The highest BCUT2D eigenvalue weighted by atomic mass is 16.2. The fourth-order valence-electron chi connectivity index (χ4n) is 2.21. The number of likely N-dealkylation sites (tertiary alicyclic amines) is 1. The van der Waals surface area contributed by atoms with E-state index in [0.29, 0.717) is 6.54 Å². The first-order chi connectivity index (χ1) is 8.75. The van der Waals surface area contributed by atoms with Crippen LogP contribution in [-0.4, -0.2) is 37.1 Å². The van der Waals surface area contributed by atoms with Gasteiger partial charge in [0, 0.05) is 18.8 Å². The van der Waals surface area contributed by atoms with Gasteiger partial charge in [-0.1, -0.05) is 18.2 Å². The largest absolute Gasteiger partial charge is 0.337 e. The normalized spacial score (nSPS) is 15.6. The predicted octanol–water partition coefficient (Wildman–Crippen LogP) is 2.21. The van der Waals surface area contributed by atoms with Gasteiger partial charge in [-0.3, -0.25) is 0 Å². The second kappa shape index (κ2) is 6.40. The Morgan fingerprint density at radius 3 is 2.72 bits per heavy atom. The SMILES string of the molecule is Cc1ccccc1NC(=O)NCCN1CCCC1. The van der Waals surface area contributed by atoms with Crippen LogP contribution in [-0.2, 0) is 0 Å². The zero-order valence-corrected chi connectivity index (χ0v) is 10.9. The third-order valence-electron chi connectivity index (χ3n) is 3.31. The van der Waals surface area contributed by atoms with Crippen molar-refractivity contribution in [3.8, 4) is 0 Å². The summed E-state index contributed by atoms with van der Waals surface area (Å²) in [5.74, 6) is 0. The number of nitrogens with one attached hydrogen (secondary N) is 2. The minimum Gasteiger partial charge on any atom is -0.337 e. The smallest absolute Gasteiger partial charge is 0.319 e. The minimum atomic E-state index is -0.122. The van der Waals surface area contributed by atoms with E-state index in [-0.39, 0.29) is 6.03 Å². The number of para-hydroxylation sites is 1. The fraction of sp³-hybridized carbons (Fsp3) is 0.500. The van der Waals surface area contributed by atoms with Crippen LogP contribution < -0.4 is 10.6 Å². The van der Waals surface area contributed by atoms with E-state index in [2.05, 4.69) is 15.5 Å². The van der Waals surface area contributed by atoms with Crippen LogP contribution in [0, 0.1) is 6.92 Å². The maximum atomic E-state index is 11.7. The molecule has 1 aliphatic heterocycles. The number of amides is 2. The molecule has 0 atom stereocenters. The quantitative estimate of drug-likeness (QED) is 0.856. The maximum absolute atomic E-state index is 11.7. The average molecular weight is 247 g/mol. The van der Waals surface area contributed by atoms with E-state index < -0.39 is 0 Å². The molecular weight excluding hydrogens is 226 g/mol. The summed E-state index contributed by atoms with van der Waals surface area (Å²) in [5, 5.41) is 5.76. The number of carbonyl (C=O) groups excluding carboxylic acids is 1. The lowest BCUT2D eigenvalue weighted by Gasteiger charge is -2.15. The lowest BCUT2D eigenvalue weighted by Crippen LogP contribution is -2.36. The molecule has 18 heavy (non-hydrogen) atoms. The van der Waals surface area contributed by atoms with Crippen LogP contribution in [0.1, 0.15) is 18.4 Å². The van der Waals surface area contributed by atoms with Crippen molar-refractivity contribution in [2.45, 2.75) is 19.8 Å². The number of carbonyl (C=O) groups is 1. The van der Waals surface area contributed by atoms with Crippen molar-refractivity contribution in [2.24, 2.45) is 0 Å². The standard InChI is InChI=1S/C14H21N3O/c1-12-6-2-3-7-13(12)16-14(18)15-8-11-17-9-4-5-10-17/h2-3,6-7H,4-5,8-11H2,1H3,(H2,15,16,18). The summed E-state index contributed by atoms with van der Waals surface area (Å²) < 4.78 is 0. The number of hydrogen-bond acceptors (Lipinski definition) is 2. The molecule has 4 nitrogen and oxygen atoms in total. The molecule has 4 heteroatoms. The third-order valence-corrected chi connectivity index (χ3v) is 3.31. The second-order valence-corrected chi connectivity index (χ2v) is 4.74. The number of aryl methyl sites for hydroxylation is 1. The summed E-state index contributed by atoms with van der Waals surface area (Å²) in [6.07, 6.45) is 2.57. The van der Waals surface area contributed by atoms with Crippen LogP contribution in [0.4, 0.5) is 10.5 Å². The highest BCUT2D eigenvalue weighted by molar-refractivity contribution is 5.89. The molecule has 1 fully saturated rings. The Bertz CT molecular complexity index is 400. The van der Waals surface area contributed by atoms with Crippen LogP contribution in [0.25, 0.3) is 0 Å². The van der Waals surface area contributed by atoms with Crippen LogP contribution in [0.2, 0.25) is 0 Å². The zero-order valence-electron chi connectivity index (χ0n) is 10.9. The molecule has 1 aromatic carbocycles. The van der Waals surface area contributed by atoms with Gasteiger partial charge in [-0.25, -0.2) is 4.79 Å². The summed E-state index contributed by atoms with van der Waals surface area (Å²) in [6, 6.07) is 7.66. The summed E-state index contributed by atoms with van der Waals surface area (Å²) >= 11 is 0. The Labute approximate surface area is 108 Å². The van der Waals surface area contributed by atoms with E-state index in [1.54, 1.807) is 0 Å². The van der Waals surface area contributed by atoms with Crippen molar-refractivity contribution < 1.29 is 4.79 Å². The van der Waals surface area contributed by atoms with E-state index in [0.717, 1.165) is 17.8 Å². The number of hydrogen-bond donors (Lipinski definition) is 2. The molecule has 1 heterocycles. The van der Waals surface area contributed by atoms with Crippen LogP contribution in [0.3, 0.4) is 0 Å². The van der Waals surface area contributed by atoms with Crippen molar-refractivity contribution in [1.29, 1.82) is 0 Å². The summed E-state index contributed by atoms with van der Waals surface area (Å²) in [5.41, 5.74) is 1.95. The highest BCUT2D eigenvalue weighted by Gasteiger charge is 2.11. The molecule has 0 saturated carbocycles. The van der Waals surface area contributed by atoms with Gasteiger partial charge in [0.05, 0.1) is 0 Å². The highest BCUT2D eigenvalue weighted by Crippen LogP contribution is 2.12. The molecule has 1 aromatic rings. The van der Waals surface area contributed by atoms with Gasteiger partial charge in [-0.2, -0.15) is 0 Å². The van der Waals surface area contributed by atoms with Crippen LogP contribution in [0.5, 0.6) is 0 Å². The molecule has 0 unspecified atom stereocenters. The number of urea groups is 1. The first kappa shape index (κ1) is 12.9. The molecule has 0 bridgehead atoms. The van der Waals surface area contributed by atoms with E-state index in [4.69, 9.17) is 0 Å². The van der Waals surface area contributed by atoms with Gasteiger partial charge < -0.3 is 15.5 Å². The molecule has 98 valence electrons. The molecular formula is C14H21N3O. The third kappa shape index (κ3) is 3.74. The Kier molecular flexibility index (Phi) is 4.59. The summed E-state index contributed by atoms with van der Waals surface area (Å²) in [6.45, 7) is 5.97. The van der Waals surface area contributed by atoms with Gasteiger partial charge in [0.1, 0.15) is 0 Å². The second-order valence-electron chi connectivity index (χ2n) is 4.74. The van der Waals surface area contributed by atoms with Crippen molar-refractivity contribution in [3.05, 3.63) is 29.8 Å². The maximum Gasteiger partial charge on any atom is 0.319 e. The first-order valence-corrected chi connectivity index (χ1v) is 6.58. The van der Waals surface area contributed by atoms with Crippen LogP contribution >= 0.6 is 0 Å². The average Bonchev–Trinajstić information content (AvgIpc) is 2.85. The van der Waals surface area contributed by atoms with Gasteiger partial charge in [0.2, 0.25) is 0 Å². The minimum absolute atomic E-state index is 0.122. The zero-order chi connectivity index (χ0) is 12.8. The van der Waals surface area contributed by atoms with E-state index in [1.807, 2.05) is 31.2 Å². The molecule has 1 aliphatic rings. The number of benzene rings is 1. The number of rotatable bonds is 4. The molecule has 0 spiro atoms. The first-order valence-electron chi connectivity index (χ1n) is 6.58. The number of anilines is 1. The van der Waals surface area contributed by atoms with E-state index >= 15 is 0 Å². The monoisotopic (exact) mass is 247 g/mol. The Morgan fingerprint density at radius 2 is 2.00 bits per heavy atom. The van der Waals surface area contributed by atoms with E-state index in [9.17, 15) is 4.79 Å². The molecule has 0 aliphatic carbocycles. The molecule has 1 saturated heterocycles. The molecule has 2 N–H and O–H groups in total. The molecule has 2 amide bonds. The number of nitrogens with zero attached hydrogens (tertiary/aromatic N) is 1. The molecule has 2 rings (SSSR count). The Morgan fingerprint density at radius 1 is 1.28 bits per heavy atom. The Balaban J connectivity index is 1.70. The van der Waals surface area contributed by atoms with Gasteiger partial charge in [-0.15, -0.1) is 0 Å². The van der Waals surface area contributed by atoms with Gasteiger partial charge in [0.25, 0.3) is 0 Å². The van der Waals surface area contributed by atoms with Gasteiger partial charge in [-0.05, 0) is 44.5 Å². The van der Waals surface area contributed by atoms with Gasteiger partial charge >= 0.3 is 6.03 Å². The van der Waals surface area contributed by atoms with Crippen molar-refractivity contribution in [2.75, 3.05) is 31.5 Å². The van der Waals surface area contributed by atoms with Gasteiger partial charge in [0.15, 0.2) is 0 Å². The Hall–Kier alpha value is -1.55. The topological polar surface area (TPSA) is 44.4 Å². The predicted molar refractivity (Wildman–Crippen MR) is 73.9 cm³/mol. The summed E-state index contributed by atoms with van der Waals surface area (Å²) in [4.78, 5) is 14.1. The van der Waals surface area contributed by atoms with Crippen molar-refractivity contribution in [1.82, 2.24) is 10.2 Å². The molecule has 0 aromatic heterocycles. The lowest BCUT2D eigenvalue weighted by molar-refractivity contribution is 0.249. The van der Waals surface area contributed by atoms with Crippen molar-refractivity contribution in [3.63, 3.8) is 0 Å².